The van der Waals surface area contributed by atoms with E-state index < -0.39 is 0 Å². The zero-order valence-corrected chi connectivity index (χ0v) is 41.2. The number of esters is 2. The van der Waals surface area contributed by atoms with Gasteiger partial charge in [0, 0.05) is 65.3 Å². The van der Waals surface area contributed by atoms with Crippen LogP contribution in [0, 0.1) is 0 Å². The standard InChI is InChI=1S/C52H72ClN2O6.BrH/c1-9-11-34-60-48(56)22-15-13-17-32-54-44-28-26-40(58-7)36-42(44)51(3,4)46(54)30-24-38-20-19-21-39(50(38)53)25-31-47-52(5,6)43-37-41(59-8)27-29-45(43)55(47)33-18-14-16-23-49(57)61-35-12-10-2;/h24-31,36-37H,9-23,32-35H2,1-8H3;1H/q+1;/p-1. The lowest BCUT2D eigenvalue weighted by atomic mass is 9.81. The summed E-state index contributed by atoms with van der Waals surface area (Å²) in [5.41, 5.74) is 9.16. The van der Waals surface area contributed by atoms with E-state index in [0.29, 0.717) is 26.1 Å². The van der Waals surface area contributed by atoms with E-state index in [9.17, 15) is 9.59 Å². The zero-order valence-electron chi connectivity index (χ0n) is 38.8. The van der Waals surface area contributed by atoms with Crippen LogP contribution < -0.4 is 31.4 Å². The fourth-order valence-corrected chi connectivity index (χ4v) is 9.16. The Balaban J connectivity index is 0.00000845. The molecule has 8 nitrogen and oxygen atoms in total. The predicted molar refractivity (Wildman–Crippen MR) is 250 cm³/mol. The minimum absolute atomic E-state index is 0. The first kappa shape index (κ1) is 50.8. The number of unbranched alkanes of at least 4 members (excludes halogenated alkanes) is 6. The molecule has 2 aromatic carbocycles. The number of halogens is 2. The van der Waals surface area contributed by atoms with E-state index >= 15 is 0 Å². The Morgan fingerprint density at radius 2 is 1.35 bits per heavy atom. The average Bonchev–Trinajstić information content (AvgIpc) is 3.59. The third kappa shape index (κ3) is 12.7. The van der Waals surface area contributed by atoms with Gasteiger partial charge in [-0.25, -0.2) is 0 Å². The van der Waals surface area contributed by atoms with Gasteiger partial charge in [0.05, 0.1) is 32.8 Å². The minimum Gasteiger partial charge on any atom is -1.00 e. The van der Waals surface area contributed by atoms with Crippen molar-refractivity contribution in [1.29, 1.82) is 0 Å². The summed E-state index contributed by atoms with van der Waals surface area (Å²) in [5.74, 6) is 1.52. The number of rotatable bonds is 23. The van der Waals surface area contributed by atoms with Crippen LogP contribution in [-0.2, 0) is 29.9 Å². The van der Waals surface area contributed by atoms with Gasteiger partial charge >= 0.3 is 11.9 Å². The summed E-state index contributed by atoms with van der Waals surface area (Å²) in [4.78, 5) is 26.9. The lowest BCUT2D eigenvalue weighted by Gasteiger charge is -2.27. The minimum atomic E-state index is -0.249. The Labute approximate surface area is 388 Å². The number of hydrogen-bond acceptors (Lipinski definition) is 7. The fourth-order valence-electron chi connectivity index (χ4n) is 8.85. The quantitative estimate of drug-likeness (QED) is 0.0625. The van der Waals surface area contributed by atoms with Crippen LogP contribution in [0.15, 0.2) is 82.6 Å². The molecule has 0 unspecified atom stereocenters. The number of nitrogens with zero attached hydrogens (tertiary/aromatic N) is 2. The van der Waals surface area contributed by atoms with E-state index in [-0.39, 0.29) is 39.8 Å². The molecule has 0 spiro atoms. The van der Waals surface area contributed by atoms with E-state index in [1.54, 1.807) is 14.2 Å². The maximum atomic E-state index is 12.2. The van der Waals surface area contributed by atoms with Gasteiger partial charge in [0.25, 0.3) is 0 Å². The van der Waals surface area contributed by atoms with Crippen LogP contribution in [-0.4, -0.2) is 62.7 Å². The zero-order chi connectivity index (χ0) is 44.0. The van der Waals surface area contributed by atoms with Gasteiger partial charge < -0.3 is 40.8 Å². The number of benzene rings is 2. The van der Waals surface area contributed by atoms with Gasteiger partial charge in [-0.2, -0.15) is 4.58 Å². The molecule has 2 aromatic rings. The maximum absolute atomic E-state index is 12.2. The van der Waals surface area contributed by atoms with Gasteiger partial charge in [0.2, 0.25) is 5.69 Å². The second-order valence-corrected chi connectivity index (χ2v) is 18.1. The molecule has 3 aliphatic rings. The average molecular weight is 937 g/mol. The molecular weight excluding hydrogens is 864 g/mol. The number of ether oxygens (including phenoxy) is 4. The van der Waals surface area contributed by atoms with Crippen LogP contribution in [0.4, 0.5) is 11.4 Å². The van der Waals surface area contributed by atoms with Crippen molar-refractivity contribution in [3.63, 3.8) is 0 Å². The maximum Gasteiger partial charge on any atom is 0.305 e. The largest absolute Gasteiger partial charge is 1.00 e. The van der Waals surface area contributed by atoms with E-state index in [1.807, 2.05) is 12.1 Å². The third-order valence-electron chi connectivity index (χ3n) is 12.6. The summed E-state index contributed by atoms with van der Waals surface area (Å²) >= 11 is 7.35. The van der Waals surface area contributed by atoms with Crippen LogP contribution in [0.5, 0.6) is 11.5 Å². The van der Waals surface area contributed by atoms with Crippen molar-refractivity contribution in [3.8, 4) is 11.5 Å². The van der Waals surface area contributed by atoms with E-state index in [4.69, 9.17) is 30.5 Å². The number of anilines is 1. The Morgan fingerprint density at radius 1 is 0.742 bits per heavy atom. The SMILES string of the molecule is CCCCOC(=O)CCCCCN1/C(=C/C=C2\CCCC(/C=C/C3=[N+](CCCCCC(=O)OCCCC)c4ccc(OC)cc4C3(C)C)=C2Cl)C(C)(C)c2cc(OC)ccc21.[Br-]. The first-order valence-corrected chi connectivity index (χ1v) is 23.3. The van der Waals surface area contributed by atoms with Crippen molar-refractivity contribution in [3.05, 3.63) is 93.7 Å². The highest BCUT2D eigenvalue weighted by Gasteiger charge is 2.45. The first-order chi connectivity index (χ1) is 29.4. The first-order valence-electron chi connectivity index (χ1n) is 23.0. The molecule has 2 heterocycles. The lowest BCUT2D eigenvalue weighted by molar-refractivity contribution is -0.438. The van der Waals surface area contributed by atoms with E-state index in [0.717, 1.165) is 124 Å². The normalized spacial score (nSPS) is 17.7. The highest BCUT2D eigenvalue weighted by Crippen LogP contribution is 2.49. The lowest BCUT2D eigenvalue weighted by Crippen LogP contribution is -3.00. The van der Waals surface area contributed by atoms with Crippen LogP contribution in [0.3, 0.4) is 0 Å². The monoisotopic (exact) mass is 934 g/mol. The van der Waals surface area contributed by atoms with Crippen molar-refractivity contribution in [2.24, 2.45) is 0 Å². The molecule has 0 aromatic heterocycles. The molecule has 0 radical (unpaired) electrons. The molecule has 0 atom stereocenters. The molecule has 10 heteroatoms. The molecule has 0 amide bonds. The molecule has 340 valence electrons. The van der Waals surface area contributed by atoms with Crippen LogP contribution in [0.25, 0.3) is 0 Å². The Morgan fingerprint density at radius 3 is 1.98 bits per heavy atom. The molecule has 5 rings (SSSR count). The summed E-state index contributed by atoms with van der Waals surface area (Å²) in [5, 5.41) is 0.833. The van der Waals surface area contributed by atoms with Crippen molar-refractivity contribution in [1.82, 2.24) is 0 Å². The molecular formula is C52H72BrClN2O6. The van der Waals surface area contributed by atoms with E-state index in [1.165, 1.54) is 33.9 Å². The number of methoxy groups -OCH3 is 2. The highest BCUT2D eigenvalue weighted by molar-refractivity contribution is 6.32. The van der Waals surface area contributed by atoms with Gasteiger partial charge in [-0.1, -0.05) is 70.7 Å². The van der Waals surface area contributed by atoms with Crippen molar-refractivity contribution < 1.29 is 50.1 Å². The summed E-state index contributed by atoms with van der Waals surface area (Å²) in [7, 11) is 3.44. The Hall–Kier alpha value is -3.82. The molecule has 0 bridgehead atoms. The molecule has 0 saturated heterocycles. The Bertz CT molecular complexity index is 2010. The number of hydrogen-bond donors (Lipinski definition) is 0. The summed E-state index contributed by atoms with van der Waals surface area (Å²) < 4.78 is 24.5. The van der Waals surface area contributed by atoms with Crippen LogP contribution in [0.2, 0.25) is 0 Å². The summed E-state index contributed by atoms with van der Waals surface area (Å²) in [6.07, 6.45) is 22.2. The Kier molecular flexibility index (Phi) is 19.9. The molecule has 2 aliphatic heterocycles. The van der Waals surface area contributed by atoms with Crippen LogP contribution in [0.1, 0.15) is 149 Å². The second kappa shape index (κ2) is 24.3. The smallest absolute Gasteiger partial charge is 0.305 e. The highest BCUT2D eigenvalue weighted by atomic mass is 79.9. The topological polar surface area (TPSA) is 77.3 Å². The second-order valence-electron chi connectivity index (χ2n) is 17.7. The number of fused-ring (bicyclic) bond motifs is 2. The molecule has 62 heavy (non-hydrogen) atoms. The van der Waals surface area contributed by atoms with Crippen molar-refractivity contribution in [2.75, 3.05) is 45.4 Å². The predicted octanol–water partition coefficient (Wildman–Crippen LogP) is 9.73. The molecule has 0 N–H and O–H groups in total. The van der Waals surface area contributed by atoms with Crippen molar-refractivity contribution >= 4 is 40.6 Å². The van der Waals surface area contributed by atoms with Gasteiger partial charge in [-0.3, -0.25) is 9.59 Å². The van der Waals surface area contributed by atoms with Gasteiger partial charge in [0.15, 0.2) is 5.71 Å². The van der Waals surface area contributed by atoms with Gasteiger partial charge in [0.1, 0.15) is 18.0 Å². The number of allylic oxidation sites excluding steroid dienone is 8. The molecule has 0 saturated carbocycles. The van der Waals surface area contributed by atoms with E-state index in [2.05, 4.69) is 99.6 Å². The van der Waals surface area contributed by atoms with Gasteiger partial charge in [-0.05, 0) is 125 Å². The molecule has 1 aliphatic carbocycles. The van der Waals surface area contributed by atoms with Crippen molar-refractivity contribution in [2.45, 2.75) is 149 Å². The summed E-state index contributed by atoms with van der Waals surface area (Å²) in [6, 6.07) is 12.8. The van der Waals surface area contributed by atoms with Gasteiger partial charge in [-0.15, -0.1) is 0 Å². The third-order valence-corrected chi connectivity index (χ3v) is 13.1. The number of carbonyl (C=O) groups excluding carboxylic acids is 2. The number of carbonyl (C=O) groups is 2. The molecule has 0 fully saturated rings. The van der Waals surface area contributed by atoms with Crippen LogP contribution >= 0.6 is 11.6 Å². The fraction of sp³-hybridized carbons (Fsp3) is 0.558. The summed E-state index contributed by atoms with van der Waals surface area (Å²) in [6.45, 7) is 16.1.